The maximum absolute atomic E-state index is 12.2. The predicted octanol–water partition coefficient (Wildman–Crippen LogP) is 5.84. The highest BCUT2D eigenvalue weighted by atomic mass is 32.1. The number of rotatable bonds is 5. The summed E-state index contributed by atoms with van der Waals surface area (Å²) >= 11 is 1.54. The summed E-state index contributed by atoms with van der Waals surface area (Å²) in [6.07, 6.45) is -0.509. The van der Waals surface area contributed by atoms with Crippen LogP contribution in [0.3, 0.4) is 0 Å². The van der Waals surface area contributed by atoms with E-state index in [1.54, 1.807) is 23.5 Å². The number of hydrogen-bond acceptors (Lipinski definition) is 4. The average Bonchev–Trinajstić information content (AvgIpc) is 3.16. The van der Waals surface area contributed by atoms with Crippen LogP contribution < -0.4 is 9.64 Å². The summed E-state index contributed by atoms with van der Waals surface area (Å²) in [6.45, 7) is 2.00. The van der Waals surface area contributed by atoms with Crippen molar-refractivity contribution in [2.45, 2.75) is 32.0 Å². The van der Waals surface area contributed by atoms with E-state index in [0.29, 0.717) is 5.92 Å². The van der Waals surface area contributed by atoms with Crippen molar-refractivity contribution in [2.75, 3.05) is 18.0 Å². The second kappa shape index (κ2) is 7.99. The smallest absolute Gasteiger partial charge is 0.406 e. The van der Waals surface area contributed by atoms with Gasteiger partial charge < -0.3 is 9.64 Å². The minimum Gasteiger partial charge on any atom is -0.406 e. The van der Waals surface area contributed by atoms with E-state index in [9.17, 15) is 13.2 Å². The number of aryl methyl sites for hydroxylation is 1. The van der Waals surface area contributed by atoms with E-state index in [1.165, 1.54) is 17.8 Å². The first-order valence-corrected chi connectivity index (χ1v) is 10.1. The Bertz CT molecular complexity index is 915. The summed E-state index contributed by atoms with van der Waals surface area (Å²) in [5.41, 5.74) is 6.24. The summed E-state index contributed by atoms with van der Waals surface area (Å²) in [7, 11) is 0. The van der Waals surface area contributed by atoms with Crippen LogP contribution in [0, 0.1) is 11.4 Å². The quantitative estimate of drug-likeness (QED) is 0.533. The van der Waals surface area contributed by atoms with Gasteiger partial charge in [0.05, 0.1) is 10.4 Å². The van der Waals surface area contributed by atoms with Gasteiger partial charge in [-0.3, -0.25) is 0 Å². The summed E-state index contributed by atoms with van der Waals surface area (Å²) in [5.74, 6) is 0.460. The molecule has 0 spiro atoms. The van der Waals surface area contributed by atoms with Gasteiger partial charge >= 0.3 is 6.36 Å². The van der Waals surface area contributed by atoms with Crippen molar-refractivity contribution in [3.8, 4) is 5.75 Å². The number of thiazole rings is 1. The van der Waals surface area contributed by atoms with Gasteiger partial charge in [-0.25, -0.2) is 4.98 Å². The van der Waals surface area contributed by atoms with Gasteiger partial charge in [0.25, 0.3) is 0 Å². The fourth-order valence-electron chi connectivity index (χ4n) is 3.77. The summed E-state index contributed by atoms with van der Waals surface area (Å²) < 4.78 is 41.8. The van der Waals surface area contributed by atoms with Crippen molar-refractivity contribution in [3.63, 3.8) is 0 Å². The Hall–Kier alpha value is -2.28. The zero-order valence-electron chi connectivity index (χ0n) is 15.2. The van der Waals surface area contributed by atoms with Crippen molar-refractivity contribution in [1.82, 2.24) is 4.98 Å². The Morgan fingerprint density at radius 3 is 2.57 bits per heavy atom. The highest BCUT2D eigenvalue weighted by Gasteiger charge is 2.31. The number of anilines is 1. The third-order valence-electron chi connectivity index (χ3n) is 5.24. The molecule has 0 unspecified atom stereocenters. The van der Waals surface area contributed by atoms with E-state index in [0.717, 1.165) is 54.6 Å². The van der Waals surface area contributed by atoms with E-state index >= 15 is 0 Å². The van der Waals surface area contributed by atoms with E-state index < -0.39 is 6.36 Å². The van der Waals surface area contributed by atoms with Crippen LogP contribution in [0.4, 0.5) is 18.9 Å². The molecule has 1 aliphatic rings. The molecule has 0 saturated carbocycles. The van der Waals surface area contributed by atoms with Crippen molar-refractivity contribution >= 4 is 27.2 Å². The molecule has 2 aromatic carbocycles. The van der Waals surface area contributed by atoms with Crippen molar-refractivity contribution in [3.05, 3.63) is 53.5 Å². The number of piperidine rings is 1. The lowest BCUT2D eigenvalue weighted by molar-refractivity contribution is -0.274. The number of halogens is 3. The molecule has 1 saturated heterocycles. The molecule has 0 N–H and O–H groups in total. The Balaban J connectivity index is 1.28. The number of alkyl halides is 3. The molecule has 4 rings (SSSR count). The third kappa shape index (κ3) is 4.58. The SMILES string of the molecule is FC(F)(F)Oc1ccc(CCC2CCN(c3cccc4s[c]nc34)CC2)cc1. The van der Waals surface area contributed by atoms with Crippen LogP contribution in [0.2, 0.25) is 0 Å². The van der Waals surface area contributed by atoms with Gasteiger partial charge in [-0.05, 0) is 61.4 Å². The maximum atomic E-state index is 12.2. The molecule has 1 aromatic heterocycles. The average molecular weight is 405 g/mol. The highest BCUT2D eigenvalue weighted by Crippen LogP contribution is 2.32. The molecule has 2 heterocycles. The Labute approximate surface area is 165 Å². The Morgan fingerprint density at radius 2 is 1.86 bits per heavy atom. The van der Waals surface area contributed by atoms with E-state index in [4.69, 9.17) is 0 Å². The number of hydrogen-bond donors (Lipinski definition) is 0. The molecule has 1 radical (unpaired) electrons. The molecule has 3 aromatic rings. The standard InChI is InChI=1S/C21H20F3N2OS/c22-21(23,24)27-17-8-6-15(7-9-17)4-5-16-10-12-26(13-11-16)18-2-1-3-19-20(18)25-14-28-19/h1-3,6-9,16H,4-5,10-13H2. The van der Waals surface area contributed by atoms with E-state index in [2.05, 4.69) is 38.3 Å². The molecule has 3 nitrogen and oxygen atoms in total. The predicted molar refractivity (Wildman–Crippen MR) is 105 cm³/mol. The molecule has 28 heavy (non-hydrogen) atoms. The summed E-state index contributed by atoms with van der Waals surface area (Å²) in [5, 5.41) is 0. The first-order chi connectivity index (χ1) is 13.5. The van der Waals surface area contributed by atoms with Crippen LogP contribution in [-0.4, -0.2) is 24.4 Å². The highest BCUT2D eigenvalue weighted by molar-refractivity contribution is 7.16. The van der Waals surface area contributed by atoms with Gasteiger partial charge in [-0.2, -0.15) is 0 Å². The van der Waals surface area contributed by atoms with Gasteiger partial charge in [0.2, 0.25) is 0 Å². The van der Waals surface area contributed by atoms with Crippen LogP contribution >= 0.6 is 11.3 Å². The van der Waals surface area contributed by atoms with Crippen molar-refractivity contribution in [1.29, 1.82) is 0 Å². The number of aromatic nitrogens is 1. The number of fused-ring (bicyclic) bond motifs is 1. The van der Waals surface area contributed by atoms with E-state index in [1.807, 2.05) is 0 Å². The molecule has 0 amide bonds. The zero-order chi connectivity index (χ0) is 19.6. The molecular weight excluding hydrogens is 385 g/mol. The van der Waals surface area contributed by atoms with Gasteiger partial charge in [0, 0.05) is 13.1 Å². The van der Waals surface area contributed by atoms with Gasteiger partial charge in [-0.1, -0.05) is 18.2 Å². The first kappa shape index (κ1) is 19.1. The second-order valence-corrected chi connectivity index (χ2v) is 7.92. The fraction of sp³-hybridized carbons (Fsp3) is 0.381. The lowest BCUT2D eigenvalue weighted by Crippen LogP contribution is -2.33. The molecule has 7 heteroatoms. The number of ether oxygens (including phenoxy) is 1. The topological polar surface area (TPSA) is 25.4 Å². The van der Waals surface area contributed by atoms with Crippen molar-refractivity contribution < 1.29 is 17.9 Å². The molecule has 147 valence electrons. The van der Waals surface area contributed by atoms with Gasteiger partial charge in [-0.15, -0.1) is 24.5 Å². The monoisotopic (exact) mass is 405 g/mol. The normalized spacial score (nSPS) is 15.9. The molecule has 0 aliphatic carbocycles. The summed E-state index contributed by atoms with van der Waals surface area (Å²) in [6, 6.07) is 12.5. The van der Waals surface area contributed by atoms with Crippen LogP contribution in [0.25, 0.3) is 10.2 Å². The third-order valence-corrected chi connectivity index (χ3v) is 5.98. The minimum atomic E-state index is -4.64. The van der Waals surface area contributed by atoms with Crippen molar-refractivity contribution in [2.24, 2.45) is 5.92 Å². The fourth-order valence-corrected chi connectivity index (χ4v) is 4.40. The molecule has 1 fully saturated rings. The minimum absolute atomic E-state index is 0.169. The largest absolute Gasteiger partial charge is 0.573 e. The van der Waals surface area contributed by atoms with Crippen LogP contribution in [0.1, 0.15) is 24.8 Å². The molecule has 1 aliphatic heterocycles. The Morgan fingerprint density at radius 1 is 1.11 bits per heavy atom. The molecular formula is C21H20F3N2OS. The number of benzene rings is 2. The first-order valence-electron chi connectivity index (χ1n) is 9.33. The van der Waals surface area contributed by atoms with Crippen LogP contribution in [0.15, 0.2) is 42.5 Å². The summed E-state index contributed by atoms with van der Waals surface area (Å²) in [4.78, 5) is 6.79. The van der Waals surface area contributed by atoms with Crippen LogP contribution in [-0.2, 0) is 6.42 Å². The number of nitrogens with zero attached hydrogens (tertiary/aromatic N) is 2. The lowest BCUT2D eigenvalue weighted by Gasteiger charge is -2.33. The van der Waals surface area contributed by atoms with Gasteiger partial charge in [0.15, 0.2) is 5.51 Å². The van der Waals surface area contributed by atoms with Gasteiger partial charge in [0.1, 0.15) is 11.3 Å². The second-order valence-electron chi connectivity index (χ2n) is 7.09. The van der Waals surface area contributed by atoms with Crippen LogP contribution in [0.5, 0.6) is 5.75 Å². The Kier molecular flexibility index (Phi) is 5.44. The maximum Gasteiger partial charge on any atom is 0.573 e. The van der Waals surface area contributed by atoms with E-state index in [-0.39, 0.29) is 5.75 Å². The zero-order valence-corrected chi connectivity index (χ0v) is 16.0. The number of para-hydroxylation sites is 1. The molecule has 0 bridgehead atoms. The molecule has 0 atom stereocenters. The lowest BCUT2D eigenvalue weighted by atomic mass is 9.90.